The lowest BCUT2D eigenvalue weighted by Gasteiger charge is -2.16. The van der Waals surface area contributed by atoms with Gasteiger partial charge in [-0.25, -0.2) is 0 Å². The summed E-state index contributed by atoms with van der Waals surface area (Å²) in [6.45, 7) is 5.48. The summed E-state index contributed by atoms with van der Waals surface area (Å²) in [5.41, 5.74) is 0. The molecule has 86 valence electrons. The van der Waals surface area contributed by atoms with Gasteiger partial charge in [-0.05, 0) is 25.9 Å². The number of hydrogen-bond donors (Lipinski definition) is 0. The monoisotopic (exact) mass is 238 g/mol. The Morgan fingerprint density at radius 2 is 1.21 bits per heavy atom. The molecule has 0 spiro atoms. The van der Waals surface area contributed by atoms with Gasteiger partial charge in [0, 0.05) is 27.4 Å². The fourth-order valence-electron chi connectivity index (χ4n) is 1.19. The molecular formula is C8H22O4Si2. The second-order valence-electron chi connectivity index (χ2n) is 2.82. The van der Waals surface area contributed by atoms with Crippen molar-refractivity contribution in [1.29, 1.82) is 0 Å². The van der Waals surface area contributed by atoms with Crippen molar-refractivity contribution in [1.82, 2.24) is 0 Å². The van der Waals surface area contributed by atoms with E-state index in [1.165, 1.54) is 0 Å². The van der Waals surface area contributed by atoms with Crippen LogP contribution in [0.15, 0.2) is 0 Å². The van der Waals surface area contributed by atoms with Crippen LogP contribution in [0.5, 0.6) is 0 Å². The predicted molar refractivity (Wildman–Crippen MR) is 61.2 cm³/mol. The third-order valence-electron chi connectivity index (χ3n) is 1.87. The van der Waals surface area contributed by atoms with Crippen molar-refractivity contribution in [2.75, 3.05) is 27.4 Å². The summed E-state index contributed by atoms with van der Waals surface area (Å²) in [4.78, 5) is 0. The number of rotatable bonds is 9. The van der Waals surface area contributed by atoms with E-state index in [1.54, 1.807) is 14.2 Å². The minimum absolute atomic E-state index is 0.739. The Morgan fingerprint density at radius 3 is 1.57 bits per heavy atom. The fourth-order valence-corrected chi connectivity index (χ4v) is 5.20. The van der Waals surface area contributed by atoms with E-state index in [1.807, 2.05) is 13.8 Å². The van der Waals surface area contributed by atoms with E-state index in [2.05, 4.69) is 0 Å². The van der Waals surface area contributed by atoms with Crippen LogP contribution in [0.25, 0.3) is 0 Å². The summed E-state index contributed by atoms with van der Waals surface area (Å²) in [5, 5.41) is 0. The van der Waals surface area contributed by atoms with Gasteiger partial charge in [-0.3, -0.25) is 0 Å². The van der Waals surface area contributed by atoms with Gasteiger partial charge in [-0.15, -0.1) is 0 Å². The van der Waals surface area contributed by atoms with Gasteiger partial charge in [0.05, 0.1) is 0 Å². The van der Waals surface area contributed by atoms with E-state index in [0.717, 1.165) is 25.3 Å². The normalized spacial score (nSPS) is 11.6. The molecule has 4 nitrogen and oxygen atoms in total. The maximum absolute atomic E-state index is 5.55. The standard InChI is InChI=1S/C8H22O4Si2/c1-5-11-14(12-6-2)8-7-13(9-3)10-4/h13-14H,5-8H2,1-4H3. The van der Waals surface area contributed by atoms with Gasteiger partial charge in [-0.1, -0.05) is 0 Å². The molecule has 0 rings (SSSR count). The summed E-state index contributed by atoms with van der Waals surface area (Å²) < 4.78 is 21.6. The van der Waals surface area contributed by atoms with E-state index in [0.29, 0.717) is 0 Å². The summed E-state index contributed by atoms with van der Waals surface area (Å²) in [7, 11) is 0.547. The predicted octanol–water partition coefficient (Wildman–Crippen LogP) is 0.793. The summed E-state index contributed by atoms with van der Waals surface area (Å²) in [6.07, 6.45) is 0. The van der Waals surface area contributed by atoms with Gasteiger partial charge in [-0.2, -0.15) is 0 Å². The van der Waals surface area contributed by atoms with Crippen LogP contribution >= 0.6 is 0 Å². The van der Waals surface area contributed by atoms with Gasteiger partial charge in [0.2, 0.25) is 0 Å². The van der Waals surface area contributed by atoms with Crippen LogP contribution in [0.3, 0.4) is 0 Å². The average molecular weight is 238 g/mol. The van der Waals surface area contributed by atoms with Crippen molar-refractivity contribution in [2.45, 2.75) is 25.9 Å². The Hall–Kier alpha value is 0.274. The molecule has 0 aliphatic carbocycles. The smallest absolute Gasteiger partial charge is 0.321 e. The zero-order valence-corrected chi connectivity index (χ0v) is 11.9. The molecule has 0 saturated heterocycles. The van der Waals surface area contributed by atoms with Crippen molar-refractivity contribution >= 4 is 18.6 Å². The van der Waals surface area contributed by atoms with Gasteiger partial charge in [0.1, 0.15) is 0 Å². The first kappa shape index (κ1) is 14.3. The third kappa shape index (κ3) is 6.69. The van der Waals surface area contributed by atoms with Crippen LogP contribution in [0.1, 0.15) is 13.8 Å². The second-order valence-corrected chi connectivity index (χ2v) is 7.30. The highest BCUT2D eigenvalue weighted by Gasteiger charge is 2.17. The van der Waals surface area contributed by atoms with E-state index < -0.39 is 18.6 Å². The lowest BCUT2D eigenvalue weighted by atomic mass is 10.9. The molecule has 0 aliphatic rings. The van der Waals surface area contributed by atoms with Crippen LogP contribution in [-0.2, 0) is 17.7 Å². The largest absolute Gasteiger partial charge is 0.400 e. The highest BCUT2D eigenvalue weighted by molar-refractivity contribution is 6.50. The maximum atomic E-state index is 5.55. The van der Waals surface area contributed by atoms with Gasteiger partial charge < -0.3 is 17.7 Å². The first-order valence-corrected chi connectivity index (χ1v) is 8.59. The molecule has 0 aromatic carbocycles. The van der Waals surface area contributed by atoms with Crippen molar-refractivity contribution < 1.29 is 17.7 Å². The first-order valence-electron chi connectivity index (χ1n) is 5.07. The van der Waals surface area contributed by atoms with Crippen molar-refractivity contribution in [2.24, 2.45) is 0 Å². The molecule has 0 unspecified atom stereocenters. The van der Waals surface area contributed by atoms with Gasteiger partial charge in [0.15, 0.2) is 0 Å². The van der Waals surface area contributed by atoms with Crippen molar-refractivity contribution in [3.8, 4) is 0 Å². The SMILES string of the molecule is CCO[SiH](CC[SiH](OC)OC)OCC. The average Bonchev–Trinajstić information content (AvgIpc) is 2.20. The number of hydrogen-bond acceptors (Lipinski definition) is 4. The Morgan fingerprint density at radius 1 is 0.786 bits per heavy atom. The Bertz CT molecular complexity index is 116. The third-order valence-corrected chi connectivity index (χ3v) is 6.61. The molecule has 0 bridgehead atoms. The van der Waals surface area contributed by atoms with Crippen LogP contribution in [0.2, 0.25) is 12.1 Å². The van der Waals surface area contributed by atoms with E-state index >= 15 is 0 Å². The molecular weight excluding hydrogens is 216 g/mol. The van der Waals surface area contributed by atoms with Crippen LogP contribution in [-0.4, -0.2) is 46.0 Å². The molecule has 6 heteroatoms. The van der Waals surface area contributed by atoms with Crippen LogP contribution in [0, 0.1) is 0 Å². The van der Waals surface area contributed by atoms with Crippen LogP contribution in [0.4, 0.5) is 0 Å². The Balaban J connectivity index is 3.67. The highest BCUT2D eigenvalue weighted by Crippen LogP contribution is 2.06. The van der Waals surface area contributed by atoms with Crippen LogP contribution < -0.4 is 0 Å². The molecule has 0 radical (unpaired) electrons. The lowest BCUT2D eigenvalue weighted by molar-refractivity contribution is 0.212. The molecule has 0 aliphatic heterocycles. The van der Waals surface area contributed by atoms with Gasteiger partial charge >= 0.3 is 18.6 Å². The second kappa shape index (κ2) is 9.81. The van der Waals surface area contributed by atoms with Gasteiger partial charge in [0.25, 0.3) is 0 Å². The van der Waals surface area contributed by atoms with E-state index in [9.17, 15) is 0 Å². The minimum atomic E-state index is -1.44. The maximum Gasteiger partial charge on any atom is 0.321 e. The topological polar surface area (TPSA) is 36.9 Å². The summed E-state index contributed by atoms with van der Waals surface area (Å²) in [6, 6.07) is 1.96. The molecule has 0 atom stereocenters. The van der Waals surface area contributed by atoms with E-state index in [4.69, 9.17) is 17.7 Å². The summed E-state index contributed by atoms with van der Waals surface area (Å²) in [5.74, 6) is 0. The van der Waals surface area contributed by atoms with Crippen molar-refractivity contribution in [3.63, 3.8) is 0 Å². The quantitative estimate of drug-likeness (QED) is 0.557. The zero-order chi connectivity index (χ0) is 10.8. The molecule has 0 heterocycles. The first-order chi connectivity index (χ1) is 6.78. The molecule has 0 fully saturated rings. The molecule has 0 saturated carbocycles. The van der Waals surface area contributed by atoms with Crippen molar-refractivity contribution in [3.05, 3.63) is 0 Å². The Labute approximate surface area is 90.2 Å². The molecule has 0 aromatic heterocycles. The van der Waals surface area contributed by atoms with E-state index in [-0.39, 0.29) is 0 Å². The molecule has 0 N–H and O–H groups in total. The molecule has 0 amide bonds. The summed E-state index contributed by atoms with van der Waals surface area (Å²) >= 11 is 0. The highest BCUT2D eigenvalue weighted by atomic mass is 28.3. The lowest BCUT2D eigenvalue weighted by Crippen LogP contribution is -2.27. The Kier molecular flexibility index (Phi) is 10.0. The zero-order valence-electron chi connectivity index (χ0n) is 9.62. The fraction of sp³-hybridized carbons (Fsp3) is 1.00. The molecule has 0 aromatic rings. The molecule has 14 heavy (non-hydrogen) atoms. The minimum Gasteiger partial charge on any atom is -0.400 e.